The van der Waals surface area contributed by atoms with Crippen LogP contribution in [0.1, 0.15) is 49.7 Å². The van der Waals surface area contributed by atoms with Gasteiger partial charge < -0.3 is 0 Å². The van der Waals surface area contributed by atoms with Crippen LogP contribution < -0.4 is 5.32 Å². The van der Waals surface area contributed by atoms with Gasteiger partial charge in [0, 0.05) is 17.2 Å². The van der Waals surface area contributed by atoms with Gasteiger partial charge in [-0.1, -0.05) is 37.8 Å². The number of anilines is 1. The number of amides is 1. The lowest BCUT2D eigenvalue weighted by Gasteiger charge is -2.17. The summed E-state index contributed by atoms with van der Waals surface area (Å²) in [5.74, 6) is -0.540. The molecule has 0 radical (unpaired) electrons. The molecule has 1 fully saturated rings. The summed E-state index contributed by atoms with van der Waals surface area (Å²) in [6.45, 7) is 0. The molecule has 0 unspecified atom stereocenters. The van der Waals surface area contributed by atoms with E-state index in [0.717, 1.165) is 56.9 Å². The second kappa shape index (κ2) is 10.0. The molecular formula is C21H22BrF3N2O3S2. The number of hydrogen-bond donors (Lipinski definition) is 1. The van der Waals surface area contributed by atoms with Gasteiger partial charge >= 0.3 is 6.18 Å². The molecule has 2 aromatic rings. The van der Waals surface area contributed by atoms with Gasteiger partial charge in [-0.05, 0) is 52.4 Å². The van der Waals surface area contributed by atoms with Gasteiger partial charge in [0.1, 0.15) is 4.60 Å². The quantitative estimate of drug-likeness (QED) is 0.349. The average molecular weight is 551 g/mol. The van der Waals surface area contributed by atoms with Crippen LogP contribution in [0.25, 0.3) is 5.57 Å². The Morgan fingerprint density at radius 2 is 1.88 bits per heavy atom. The largest absolute Gasteiger partial charge is 0.417 e. The predicted molar refractivity (Wildman–Crippen MR) is 122 cm³/mol. The highest BCUT2D eigenvalue weighted by Gasteiger charge is 2.37. The van der Waals surface area contributed by atoms with Crippen LogP contribution in [0.3, 0.4) is 0 Å². The van der Waals surface area contributed by atoms with Crippen molar-refractivity contribution in [3.05, 3.63) is 45.4 Å². The maximum Gasteiger partial charge on any atom is 0.417 e. The van der Waals surface area contributed by atoms with Crippen LogP contribution in [0.5, 0.6) is 0 Å². The Hall–Kier alpha value is -1.72. The molecule has 1 aromatic carbocycles. The van der Waals surface area contributed by atoms with Gasteiger partial charge in [-0.2, -0.15) is 13.2 Å². The first-order chi connectivity index (χ1) is 14.9. The Morgan fingerprint density at radius 1 is 1.22 bits per heavy atom. The smallest absolute Gasteiger partial charge is 0.298 e. The molecule has 0 bridgehead atoms. The first-order valence-corrected chi connectivity index (χ1v) is 13.6. The maximum atomic E-state index is 13.7. The zero-order valence-electron chi connectivity index (χ0n) is 17.2. The molecule has 1 heterocycles. The van der Waals surface area contributed by atoms with E-state index < -0.39 is 32.4 Å². The molecule has 1 aliphatic carbocycles. The first kappa shape index (κ1) is 24.9. The second-order valence-electron chi connectivity index (χ2n) is 7.74. The molecule has 1 amide bonds. The summed E-state index contributed by atoms with van der Waals surface area (Å²) >= 11 is 4.38. The predicted octanol–water partition coefficient (Wildman–Crippen LogP) is 6.32. The Balaban J connectivity index is 2.08. The molecule has 174 valence electrons. The molecule has 0 saturated heterocycles. The van der Waals surface area contributed by atoms with Crippen molar-refractivity contribution in [2.24, 2.45) is 5.92 Å². The van der Waals surface area contributed by atoms with Gasteiger partial charge in [-0.3, -0.25) is 10.1 Å². The Kier molecular flexibility index (Phi) is 7.82. The van der Waals surface area contributed by atoms with E-state index in [0.29, 0.717) is 9.73 Å². The van der Waals surface area contributed by atoms with Crippen molar-refractivity contribution >= 4 is 53.7 Å². The molecule has 0 spiro atoms. The third-order valence-electron chi connectivity index (χ3n) is 5.24. The van der Waals surface area contributed by atoms with E-state index in [9.17, 15) is 26.4 Å². The van der Waals surface area contributed by atoms with E-state index in [2.05, 4.69) is 26.2 Å². The van der Waals surface area contributed by atoms with Gasteiger partial charge in [0.15, 0.2) is 15.0 Å². The maximum absolute atomic E-state index is 13.7. The van der Waals surface area contributed by atoms with E-state index in [4.69, 9.17) is 0 Å². The third-order valence-corrected chi connectivity index (χ3v) is 7.86. The zero-order valence-corrected chi connectivity index (χ0v) is 20.4. The van der Waals surface area contributed by atoms with Gasteiger partial charge in [-0.25, -0.2) is 13.4 Å². The fraction of sp³-hybridized carbons (Fsp3) is 0.429. The second-order valence-corrected chi connectivity index (χ2v) is 11.4. The van der Waals surface area contributed by atoms with E-state index in [1.165, 1.54) is 17.4 Å². The third kappa shape index (κ3) is 6.41. The van der Waals surface area contributed by atoms with Crippen LogP contribution >= 0.6 is 27.3 Å². The van der Waals surface area contributed by atoms with Gasteiger partial charge in [-0.15, -0.1) is 11.3 Å². The highest BCUT2D eigenvalue weighted by Crippen LogP contribution is 2.37. The number of benzene rings is 1. The summed E-state index contributed by atoms with van der Waals surface area (Å²) in [5.41, 5.74) is -1.19. The summed E-state index contributed by atoms with van der Waals surface area (Å²) < 4.78 is 65.4. The molecule has 1 aromatic heterocycles. The number of sulfone groups is 1. The molecule has 1 aliphatic rings. The fourth-order valence-electron chi connectivity index (χ4n) is 3.73. The van der Waals surface area contributed by atoms with Crippen molar-refractivity contribution in [2.45, 2.75) is 49.6 Å². The molecular weight excluding hydrogens is 529 g/mol. The molecule has 1 N–H and O–H groups in total. The number of hydrogen-bond acceptors (Lipinski definition) is 5. The van der Waals surface area contributed by atoms with Crippen LogP contribution in [0.15, 0.2) is 39.2 Å². The number of alkyl halides is 3. The summed E-state index contributed by atoms with van der Waals surface area (Å²) in [7, 11) is -4.11. The lowest BCUT2D eigenvalue weighted by Crippen LogP contribution is -2.17. The Bertz CT molecular complexity index is 1120. The van der Waals surface area contributed by atoms with Gasteiger partial charge in [0.25, 0.3) is 5.91 Å². The van der Waals surface area contributed by atoms with Crippen LogP contribution in [0.2, 0.25) is 0 Å². The molecule has 11 heteroatoms. The number of allylic oxidation sites excluding steroid dienone is 1. The van der Waals surface area contributed by atoms with E-state index in [1.54, 1.807) is 11.5 Å². The summed E-state index contributed by atoms with van der Waals surface area (Å²) in [4.78, 5) is 16.4. The monoisotopic (exact) mass is 550 g/mol. The van der Waals surface area contributed by atoms with E-state index in [-0.39, 0.29) is 17.1 Å². The number of nitrogens with one attached hydrogen (secondary N) is 1. The van der Waals surface area contributed by atoms with Crippen LogP contribution in [-0.2, 0) is 20.8 Å². The Morgan fingerprint density at radius 3 is 2.41 bits per heavy atom. The molecule has 0 atom stereocenters. The number of halogens is 4. The van der Waals surface area contributed by atoms with Crippen molar-refractivity contribution < 1.29 is 26.4 Å². The number of nitrogens with zero attached hydrogens (tertiary/aromatic N) is 1. The highest BCUT2D eigenvalue weighted by molar-refractivity contribution is 9.10. The van der Waals surface area contributed by atoms with Crippen molar-refractivity contribution in [1.29, 1.82) is 0 Å². The van der Waals surface area contributed by atoms with Crippen molar-refractivity contribution in [2.75, 3.05) is 11.6 Å². The number of carbonyl (C=O) groups excluding carboxylic acids is 1. The van der Waals surface area contributed by atoms with Crippen molar-refractivity contribution in [3.8, 4) is 0 Å². The van der Waals surface area contributed by atoms with E-state index in [1.807, 2.05) is 0 Å². The standard InChI is InChI=1S/C21H22BrF3N2O3S2/c1-32(29,30)17-9-8-14(11-16(17)21(23,24)25)15(10-13-6-4-2-3-5-7-13)19(28)27-20-26-18(22)12-31-20/h8-13H,2-7H2,1H3,(H,26,27,28)/b15-10+. The summed E-state index contributed by atoms with van der Waals surface area (Å²) in [6.07, 6.45) is 3.37. The minimum Gasteiger partial charge on any atom is -0.298 e. The molecule has 0 aliphatic heterocycles. The number of rotatable bonds is 5. The topological polar surface area (TPSA) is 76.1 Å². The molecule has 5 nitrogen and oxygen atoms in total. The zero-order chi connectivity index (χ0) is 23.5. The van der Waals surface area contributed by atoms with Crippen LogP contribution in [0.4, 0.5) is 18.3 Å². The van der Waals surface area contributed by atoms with Crippen LogP contribution in [-0.4, -0.2) is 25.6 Å². The van der Waals surface area contributed by atoms with Gasteiger partial charge in [0.05, 0.1) is 10.5 Å². The van der Waals surface area contributed by atoms with Crippen LogP contribution in [0, 0.1) is 5.92 Å². The molecule has 1 saturated carbocycles. The summed E-state index contributed by atoms with van der Waals surface area (Å²) in [5, 5.41) is 4.62. The van der Waals surface area contributed by atoms with E-state index >= 15 is 0 Å². The van der Waals surface area contributed by atoms with Crippen molar-refractivity contribution in [1.82, 2.24) is 4.98 Å². The lowest BCUT2D eigenvalue weighted by atomic mass is 9.93. The fourth-order valence-corrected chi connectivity index (χ4v) is 5.76. The van der Waals surface area contributed by atoms with Crippen molar-refractivity contribution in [3.63, 3.8) is 0 Å². The normalized spacial score (nSPS) is 16.6. The number of aromatic nitrogens is 1. The first-order valence-electron chi connectivity index (χ1n) is 10.0. The summed E-state index contributed by atoms with van der Waals surface area (Å²) in [6, 6.07) is 2.92. The molecule has 32 heavy (non-hydrogen) atoms. The number of thiazole rings is 1. The Labute approximate surface area is 197 Å². The highest BCUT2D eigenvalue weighted by atomic mass is 79.9. The SMILES string of the molecule is CS(=O)(=O)c1ccc(/C(=C\C2CCCCCC2)C(=O)Nc2nc(Br)cs2)cc1C(F)(F)F. The molecule has 3 rings (SSSR count). The van der Waals surface area contributed by atoms with Gasteiger partial charge in [0.2, 0.25) is 0 Å². The minimum atomic E-state index is -4.89. The minimum absolute atomic E-state index is 0.0158. The lowest BCUT2D eigenvalue weighted by molar-refractivity contribution is -0.139. The number of carbonyl (C=O) groups is 1. The average Bonchev–Trinajstić information content (AvgIpc) is 2.94.